The Kier molecular flexibility index (Phi) is 7.80. The smallest absolute Gasteiger partial charge is 0.137 e. The summed E-state index contributed by atoms with van der Waals surface area (Å²) in [6, 6.07) is 0.492. The third-order valence-electron chi connectivity index (χ3n) is 3.28. The molecular formula is C15H26ClN3. The molecule has 4 heteroatoms. The van der Waals surface area contributed by atoms with Crippen molar-refractivity contribution in [1.29, 1.82) is 0 Å². The van der Waals surface area contributed by atoms with Crippen molar-refractivity contribution in [3.63, 3.8) is 0 Å². The minimum Gasteiger partial charge on any atom is -0.367 e. The van der Waals surface area contributed by atoms with Crippen LogP contribution in [0.4, 0.5) is 5.82 Å². The zero-order valence-corrected chi connectivity index (χ0v) is 13.1. The van der Waals surface area contributed by atoms with Gasteiger partial charge in [-0.05, 0) is 19.3 Å². The molecule has 0 radical (unpaired) electrons. The lowest BCUT2D eigenvalue weighted by molar-refractivity contribution is 0.562. The van der Waals surface area contributed by atoms with Gasteiger partial charge < -0.3 is 5.32 Å². The van der Waals surface area contributed by atoms with E-state index in [1.54, 1.807) is 6.33 Å². The Balaban J connectivity index is 2.79. The molecule has 108 valence electrons. The van der Waals surface area contributed by atoms with E-state index in [1.807, 2.05) is 0 Å². The lowest BCUT2D eigenvalue weighted by Gasteiger charge is -2.20. The summed E-state index contributed by atoms with van der Waals surface area (Å²) in [4.78, 5) is 8.47. The van der Waals surface area contributed by atoms with E-state index in [1.165, 1.54) is 32.1 Å². The quantitative estimate of drug-likeness (QED) is 0.658. The van der Waals surface area contributed by atoms with Crippen LogP contribution in [0.2, 0.25) is 5.15 Å². The van der Waals surface area contributed by atoms with E-state index >= 15 is 0 Å². The van der Waals surface area contributed by atoms with Gasteiger partial charge in [0.2, 0.25) is 0 Å². The van der Waals surface area contributed by atoms with Crippen molar-refractivity contribution in [3.8, 4) is 0 Å². The van der Waals surface area contributed by atoms with Gasteiger partial charge in [-0.25, -0.2) is 9.97 Å². The van der Waals surface area contributed by atoms with Gasteiger partial charge in [0.1, 0.15) is 17.3 Å². The van der Waals surface area contributed by atoms with Crippen molar-refractivity contribution in [2.45, 2.75) is 71.8 Å². The molecule has 1 N–H and O–H groups in total. The minimum absolute atomic E-state index is 0.492. The van der Waals surface area contributed by atoms with Crippen LogP contribution in [0, 0.1) is 0 Å². The Bertz CT molecular complexity index is 368. The fraction of sp³-hybridized carbons (Fsp3) is 0.733. The molecule has 0 bridgehead atoms. The largest absolute Gasteiger partial charge is 0.367 e. The number of unbranched alkanes of at least 4 members (excludes halogenated alkanes) is 1. The Morgan fingerprint density at radius 2 is 1.89 bits per heavy atom. The maximum absolute atomic E-state index is 6.18. The molecule has 1 atom stereocenters. The van der Waals surface area contributed by atoms with Gasteiger partial charge in [-0.3, -0.25) is 0 Å². The first kappa shape index (κ1) is 16.2. The SMILES string of the molecule is CCCCC(CCC)Nc1ncnc(Cl)c1CCC. The normalized spacial score (nSPS) is 12.4. The Morgan fingerprint density at radius 3 is 2.53 bits per heavy atom. The van der Waals surface area contributed by atoms with Crippen LogP contribution in [-0.2, 0) is 6.42 Å². The Labute approximate surface area is 122 Å². The topological polar surface area (TPSA) is 37.8 Å². The van der Waals surface area contributed by atoms with Crippen LogP contribution in [0.3, 0.4) is 0 Å². The molecule has 1 heterocycles. The highest BCUT2D eigenvalue weighted by Crippen LogP contribution is 2.23. The first-order chi connectivity index (χ1) is 9.22. The van der Waals surface area contributed by atoms with E-state index in [2.05, 4.69) is 36.1 Å². The predicted molar refractivity (Wildman–Crippen MR) is 82.9 cm³/mol. The standard InChI is InChI=1S/C15H26ClN3/c1-4-7-10-12(8-5-2)19-15-13(9-6-3)14(16)17-11-18-15/h11-12H,4-10H2,1-3H3,(H,17,18,19). The lowest BCUT2D eigenvalue weighted by Crippen LogP contribution is -2.21. The monoisotopic (exact) mass is 283 g/mol. The number of hydrogen-bond acceptors (Lipinski definition) is 3. The van der Waals surface area contributed by atoms with Crippen LogP contribution in [-0.4, -0.2) is 16.0 Å². The molecule has 1 aromatic rings. The van der Waals surface area contributed by atoms with Crippen LogP contribution < -0.4 is 5.32 Å². The van der Waals surface area contributed by atoms with Crippen molar-refractivity contribution in [2.24, 2.45) is 0 Å². The van der Waals surface area contributed by atoms with Crippen LogP contribution in [0.5, 0.6) is 0 Å². The fourth-order valence-electron chi connectivity index (χ4n) is 2.27. The molecule has 0 aromatic carbocycles. The van der Waals surface area contributed by atoms with Gasteiger partial charge in [0.05, 0.1) is 0 Å². The molecule has 0 aliphatic heterocycles. The first-order valence-electron chi connectivity index (χ1n) is 7.48. The van der Waals surface area contributed by atoms with Crippen LogP contribution in [0.15, 0.2) is 6.33 Å². The van der Waals surface area contributed by atoms with Gasteiger partial charge >= 0.3 is 0 Å². The number of nitrogens with zero attached hydrogens (tertiary/aromatic N) is 2. The van der Waals surface area contributed by atoms with E-state index in [4.69, 9.17) is 11.6 Å². The first-order valence-corrected chi connectivity index (χ1v) is 7.86. The number of anilines is 1. The van der Waals surface area contributed by atoms with Crippen LogP contribution in [0.1, 0.15) is 64.9 Å². The highest BCUT2D eigenvalue weighted by molar-refractivity contribution is 6.30. The van der Waals surface area contributed by atoms with E-state index in [-0.39, 0.29) is 0 Å². The molecule has 3 nitrogen and oxygen atoms in total. The number of halogens is 1. The van der Waals surface area contributed by atoms with Crippen molar-refractivity contribution in [3.05, 3.63) is 17.0 Å². The van der Waals surface area contributed by atoms with Crippen molar-refractivity contribution < 1.29 is 0 Å². The van der Waals surface area contributed by atoms with Crippen LogP contribution in [0.25, 0.3) is 0 Å². The molecule has 0 aliphatic carbocycles. The summed E-state index contributed by atoms with van der Waals surface area (Å²) in [6.07, 6.45) is 9.55. The van der Waals surface area contributed by atoms with Gasteiger partial charge in [-0.2, -0.15) is 0 Å². The summed E-state index contributed by atoms with van der Waals surface area (Å²) in [5.41, 5.74) is 1.06. The second kappa shape index (κ2) is 9.13. The van der Waals surface area contributed by atoms with E-state index in [9.17, 15) is 0 Å². The second-order valence-electron chi connectivity index (χ2n) is 5.01. The highest BCUT2D eigenvalue weighted by atomic mass is 35.5. The molecule has 1 rings (SSSR count). The molecule has 1 aromatic heterocycles. The Hall–Kier alpha value is -0.830. The molecular weight excluding hydrogens is 258 g/mol. The average molecular weight is 284 g/mol. The summed E-state index contributed by atoms with van der Waals surface area (Å²) in [7, 11) is 0. The summed E-state index contributed by atoms with van der Waals surface area (Å²) in [6.45, 7) is 6.60. The zero-order valence-electron chi connectivity index (χ0n) is 12.4. The van der Waals surface area contributed by atoms with Crippen molar-refractivity contribution >= 4 is 17.4 Å². The highest BCUT2D eigenvalue weighted by Gasteiger charge is 2.13. The number of nitrogens with one attached hydrogen (secondary N) is 1. The molecule has 0 spiro atoms. The van der Waals surface area contributed by atoms with E-state index < -0.39 is 0 Å². The maximum Gasteiger partial charge on any atom is 0.137 e. The lowest BCUT2D eigenvalue weighted by atomic mass is 10.0. The summed E-state index contributed by atoms with van der Waals surface area (Å²) in [5.74, 6) is 0.927. The molecule has 0 saturated heterocycles. The zero-order chi connectivity index (χ0) is 14.1. The minimum atomic E-state index is 0.492. The summed E-state index contributed by atoms with van der Waals surface area (Å²) >= 11 is 6.18. The van der Waals surface area contributed by atoms with Crippen LogP contribution >= 0.6 is 11.6 Å². The van der Waals surface area contributed by atoms with Gasteiger partial charge in [0.25, 0.3) is 0 Å². The second-order valence-corrected chi connectivity index (χ2v) is 5.37. The fourth-order valence-corrected chi connectivity index (χ4v) is 2.50. The Morgan fingerprint density at radius 1 is 1.11 bits per heavy atom. The predicted octanol–water partition coefficient (Wildman–Crippen LogP) is 4.85. The number of aromatic nitrogens is 2. The molecule has 0 saturated carbocycles. The molecule has 1 unspecified atom stereocenters. The molecule has 0 amide bonds. The van der Waals surface area contributed by atoms with Gasteiger partial charge in [0.15, 0.2) is 0 Å². The summed E-state index contributed by atoms with van der Waals surface area (Å²) < 4.78 is 0. The van der Waals surface area contributed by atoms with E-state index in [0.717, 1.165) is 24.2 Å². The maximum atomic E-state index is 6.18. The van der Waals surface area contributed by atoms with Crippen molar-refractivity contribution in [2.75, 3.05) is 5.32 Å². The summed E-state index contributed by atoms with van der Waals surface area (Å²) in [5, 5.41) is 4.16. The van der Waals surface area contributed by atoms with Gasteiger partial charge in [0, 0.05) is 11.6 Å². The number of rotatable bonds is 9. The van der Waals surface area contributed by atoms with Crippen molar-refractivity contribution in [1.82, 2.24) is 9.97 Å². The van der Waals surface area contributed by atoms with E-state index in [0.29, 0.717) is 11.2 Å². The van der Waals surface area contributed by atoms with Gasteiger partial charge in [-0.15, -0.1) is 0 Å². The molecule has 0 aliphatic rings. The number of hydrogen-bond donors (Lipinski definition) is 1. The average Bonchev–Trinajstić information content (AvgIpc) is 2.40. The third kappa shape index (κ3) is 5.35. The molecule has 19 heavy (non-hydrogen) atoms. The third-order valence-corrected chi connectivity index (χ3v) is 3.60. The molecule has 0 fully saturated rings. The van der Waals surface area contributed by atoms with Gasteiger partial charge in [-0.1, -0.05) is 58.1 Å².